The number of amides is 3. The third-order valence-electron chi connectivity index (χ3n) is 4.88. The number of carbonyl (C=O) groups is 3. The summed E-state index contributed by atoms with van der Waals surface area (Å²) in [5, 5.41) is 0. The van der Waals surface area contributed by atoms with Crippen LogP contribution in [0, 0.1) is 6.92 Å². The molecule has 9 nitrogen and oxygen atoms in total. The van der Waals surface area contributed by atoms with Crippen LogP contribution in [0.1, 0.15) is 45.0 Å². The Hall–Kier alpha value is -2.71. The smallest absolute Gasteiger partial charge is 0.402 e. The van der Waals surface area contributed by atoms with Crippen LogP contribution in [0.15, 0.2) is 11.2 Å². The summed E-state index contributed by atoms with van der Waals surface area (Å²) in [6, 6.07) is -1.11. The molecule has 0 bridgehead atoms. The predicted octanol–water partition coefficient (Wildman–Crippen LogP) is 1.10. The SMILES string of the molecule is CCOC(=O)CN1C(=O)C2C(=Nc3n(C(C)CC)c(C)c[n+]32)N(C)C1=O. The summed E-state index contributed by atoms with van der Waals surface area (Å²) in [4.78, 5) is 44.2. The summed E-state index contributed by atoms with van der Waals surface area (Å²) in [5.41, 5.74) is 0.987. The molecule has 0 aliphatic carbocycles. The Morgan fingerprint density at radius 3 is 2.69 bits per heavy atom. The number of aryl methyl sites for hydroxylation is 1. The van der Waals surface area contributed by atoms with E-state index < -0.39 is 30.5 Å². The van der Waals surface area contributed by atoms with Crippen LogP contribution in [0.25, 0.3) is 0 Å². The maximum absolute atomic E-state index is 13.0. The molecule has 0 radical (unpaired) electrons. The van der Waals surface area contributed by atoms with E-state index in [1.807, 2.05) is 13.1 Å². The highest BCUT2D eigenvalue weighted by atomic mass is 16.5. The largest absolute Gasteiger partial charge is 0.465 e. The minimum atomic E-state index is -0.744. The summed E-state index contributed by atoms with van der Waals surface area (Å²) in [7, 11) is 1.56. The van der Waals surface area contributed by atoms with Gasteiger partial charge < -0.3 is 4.74 Å². The number of imidazole rings is 1. The lowest BCUT2D eigenvalue weighted by molar-refractivity contribution is -0.677. The van der Waals surface area contributed by atoms with Gasteiger partial charge in [0.2, 0.25) is 11.9 Å². The summed E-state index contributed by atoms with van der Waals surface area (Å²) in [6.45, 7) is 7.59. The van der Waals surface area contributed by atoms with Gasteiger partial charge in [0.25, 0.3) is 5.91 Å². The number of carbonyl (C=O) groups excluding carboxylic acids is 3. The van der Waals surface area contributed by atoms with Crippen LogP contribution >= 0.6 is 0 Å². The van der Waals surface area contributed by atoms with E-state index in [0.29, 0.717) is 11.8 Å². The van der Waals surface area contributed by atoms with E-state index in [4.69, 9.17) is 4.74 Å². The number of urea groups is 1. The summed E-state index contributed by atoms with van der Waals surface area (Å²) >= 11 is 0. The van der Waals surface area contributed by atoms with Crippen molar-refractivity contribution >= 4 is 29.7 Å². The topological polar surface area (TPSA) is 88.1 Å². The quantitative estimate of drug-likeness (QED) is 0.580. The van der Waals surface area contributed by atoms with Crippen molar-refractivity contribution in [3.05, 3.63) is 11.9 Å². The third-order valence-corrected chi connectivity index (χ3v) is 4.88. The fraction of sp³-hybridized carbons (Fsp3) is 0.588. The first-order valence-corrected chi connectivity index (χ1v) is 8.78. The van der Waals surface area contributed by atoms with Crippen molar-refractivity contribution in [1.82, 2.24) is 14.4 Å². The first kappa shape index (κ1) is 18.1. The average molecular weight is 362 g/mol. The highest BCUT2D eigenvalue weighted by molar-refractivity contribution is 6.19. The second kappa shape index (κ2) is 6.54. The van der Waals surface area contributed by atoms with Crippen molar-refractivity contribution in [1.29, 1.82) is 0 Å². The second-order valence-corrected chi connectivity index (χ2v) is 6.55. The minimum absolute atomic E-state index is 0.191. The summed E-state index contributed by atoms with van der Waals surface area (Å²) in [5.74, 6) is -0.0560. The average Bonchev–Trinajstić information content (AvgIpc) is 3.11. The standard InChI is InChI=1S/C17H24N5O4/c1-6-10(3)22-11(4)8-20-13-14(18-16(20)22)19(5)17(25)21(15(13)24)9-12(23)26-7-2/h8,10,13H,6-7,9H2,1-5H3/q+1. The molecule has 2 aliphatic heterocycles. The van der Waals surface area contributed by atoms with Crippen LogP contribution < -0.4 is 4.57 Å². The number of ether oxygens (including phenoxy) is 1. The van der Waals surface area contributed by atoms with Crippen LogP contribution in [0.2, 0.25) is 0 Å². The second-order valence-electron chi connectivity index (χ2n) is 6.55. The Morgan fingerprint density at radius 2 is 2.08 bits per heavy atom. The normalized spacial score (nSPS) is 20.0. The molecule has 1 fully saturated rings. The number of amidine groups is 1. The Balaban J connectivity index is 2.01. The van der Waals surface area contributed by atoms with Gasteiger partial charge in [-0.05, 0) is 27.2 Å². The zero-order chi connectivity index (χ0) is 19.2. The van der Waals surface area contributed by atoms with Crippen molar-refractivity contribution in [3.8, 4) is 0 Å². The monoisotopic (exact) mass is 362 g/mol. The molecule has 2 unspecified atom stereocenters. The van der Waals surface area contributed by atoms with Crippen LogP contribution in [0.3, 0.4) is 0 Å². The van der Waals surface area contributed by atoms with Gasteiger partial charge in [-0.15, -0.1) is 0 Å². The van der Waals surface area contributed by atoms with E-state index in [0.717, 1.165) is 17.0 Å². The molecular formula is C17H24N5O4+. The highest BCUT2D eigenvalue weighted by Crippen LogP contribution is 2.31. The van der Waals surface area contributed by atoms with Crippen molar-refractivity contribution in [2.24, 2.45) is 4.99 Å². The summed E-state index contributed by atoms with van der Waals surface area (Å²) < 4.78 is 8.72. The van der Waals surface area contributed by atoms with E-state index in [1.54, 1.807) is 18.5 Å². The molecule has 0 N–H and O–H groups in total. The third kappa shape index (κ3) is 2.58. The Kier molecular flexibility index (Phi) is 4.55. The van der Waals surface area contributed by atoms with Crippen LogP contribution in [-0.4, -0.2) is 58.3 Å². The van der Waals surface area contributed by atoms with Gasteiger partial charge >= 0.3 is 17.9 Å². The van der Waals surface area contributed by atoms with E-state index in [-0.39, 0.29) is 12.6 Å². The number of hydrogen-bond donors (Lipinski definition) is 0. The molecule has 3 heterocycles. The molecule has 1 aromatic heterocycles. The number of esters is 1. The van der Waals surface area contributed by atoms with Crippen molar-refractivity contribution in [2.75, 3.05) is 20.2 Å². The zero-order valence-electron chi connectivity index (χ0n) is 15.7. The van der Waals surface area contributed by atoms with Crippen molar-refractivity contribution < 1.29 is 23.7 Å². The molecule has 2 atom stereocenters. The first-order valence-electron chi connectivity index (χ1n) is 8.78. The van der Waals surface area contributed by atoms with Crippen LogP contribution in [0.5, 0.6) is 0 Å². The van der Waals surface area contributed by atoms with Gasteiger partial charge in [0.15, 0.2) is 0 Å². The van der Waals surface area contributed by atoms with E-state index in [1.165, 1.54) is 4.90 Å². The fourth-order valence-corrected chi connectivity index (χ4v) is 3.41. The van der Waals surface area contributed by atoms with E-state index in [2.05, 4.69) is 23.4 Å². The van der Waals surface area contributed by atoms with Gasteiger partial charge in [-0.25, -0.2) is 18.8 Å². The Morgan fingerprint density at radius 1 is 1.38 bits per heavy atom. The van der Waals surface area contributed by atoms with Crippen LogP contribution in [0.4, 0.5) is 10.7 Å². The molecule has 0 spiro atoms. The molecule has 1 saturated heterocycles. The first-order chi connectivity index (χ1) is 12.3. The molecule has 3 amide bonds. The number of fused-ring (bicyclic) bond motifs is 3. The molecule has 2 aliphatic rings. The number of hydrogen-bond acceptors (Lipinski definition) is 5. The number of imide groups is 1. The number of likely N-dealkylation sites (N-methyl/N-ethyl adjacent to an activating group) is 1. The maximum Gasteiger partial charge on any atom is 0.402 e. The molecule has 3 rings (SSSR count). The Bertz CT molecular complexity index is 812. The molecule has 0 aromatic carbocycles. The molecule has 1 aromatic rings. The van der Waals surface area contributed by atoms with Gasteiger partial charge in [-0.1, -0.05) is 11.9 Å². The number of aliphatic imine (C=N–C) groups is 1. The zero-order valence-corrected chi connectivity index (χ0v) is 15.7. The number of aromatic nitrogens is 2. The van der Waals surface area contributed by atoms with Gasteiger partial charge in [-0.2, -0.15) is 0 Å². The van der Waals surface area contributed by atoms with Gasteiger partial charge in [-0.3, -0.25) is 14.5 Å². The van der Waals surface area contributed by atoms with E-state index in [9.17, 15) is 14.4 Å². The lowest BCUT2D eigenvalue weighted by Gasteiger charge is -2.32. The van der Waals surface area contributed by atoms with Crippen LogP contribution in [-0.2, 0) is 14.3 Å². The molecule has 26 heavy (non-hydrogen) atoms. The Labute approximate surface area is 151 Å². The van der Waals surface area contributed by atoms with Gasteiger partial charge in [0, 0.05) is 7.05 Å². The molecular weight excluding hydrogens is 338 g/mol. The predicted molar refractivity (Wildman–Crippen MR) is 92.0 cm³/mol. The summed E-state index contributed by atoms with van der Waals surface area (Å²) in [6.07, 6.45) is 2.78. The van der Waals surface area contributed by atoms with Gasteiger partial charge in [0.05, 0.1) is 12.6 Å². The fourth-order valence-electron chi connectivity index (χ4n) is 3.41. The lowest BCUT2D eigenvalue weighted by atomic mass is 10.1. The van der Waals surface area contributed by atoms with Gasteiger partial charge in [0.1, 0.15) is 18.4 Å². The highest BCUT2D eigenvalue weighted by Gasteiger charge is 2.53. The number of rotatable bonds is 5. The maximum atomic E-state index is 13.0. The number of nitrogens with zero attached hydrogens (tertiary/aromatic N) is 5. The van der Waals surface area contributed by atoms with Crippen molar-refractivity contribution in [3.63, 3.8) is 0 Å². The molecule has 0 saturated carbocycles. The minimum Gasteiger partial charge on any atom is -0.465 e. The molecule has 140 valence electrons. The molecule has 9 heteroatoms. The van der Waals surface area contributed by atoms with E-state index >= 15 is 0 Å². The lowest BCUT2D eigenvalue weighted by Crippen LogP contribution is -2.63. The van der Waals surface area contributed by atoms with Crippen molar-refractivity contribution in [2.45, 2.75) is 46.2 Å².